The molecular weight excluding hydrogens is 410 g/mol. The standard InChI is InChI=1S/C21H18ClN3O3S/c1-2-25-19(18(24-21(25)29)15-5-3-4-10-23-15)17-9-8-16(28-17)13-11-12(20(26)27)6-7-14(13)22/h3-11,18-19H,2H2,1H3,(H,24,29)(H,26,27). The molecule has 0 aliphatic carbocycles. The third kappa shape index (κ3) is 3.59. The Morgan fingerprint density at radius 3 is 2.83 bits per heavy atom. The fourth-order valence-corrected chi connectivity index (χ4v) is 4.14. The predicted octanol–water partition coefficient (Wildman–Crippen LogP) is 4.69. The van der Waals surface area contributed by atoms with Crippen LogP contribution in [0.1, 0.15) is 40.8 Å². The summed E-state index contributed by atoms with van der Waals surface area (Å²) < 4.78 is 6.15. The highest BCUT2D eigenvalue weighted by molar-refractivity contribution is 7.80. The zero-order chi connectivity index (χ0) is 20.5. The number of aromatic nitrogens is 1. The Bertz CT molecular complexity index is 1070. The maximum atomic E-state index is 11.3. The largest absolute Gasteiger partial charge is 0.478 e. The Balaban J connectivity index is 1.75. The molecule has 3 aromatic rings. The Hall–Kier alpha value is -2.90. The van der Waals surface area contributed by atoms with Crippen LogP contribution in [-0.4, -0.2) is 32.6 Å². The minimum atomic E-state index is -1.02. The quantitative estimate of drug-likeness (QED) is 0.572. The summed E-state index contributed by atoms with van der Waals surface area (Å²) in [6, 6.07) is 13.6. The fourth-order valence-electron chi connectivity index (χ4n) is 3.56. The SMILES string of the molecule is CCN1C(=S)NC(c2ccccn2)C1c1ccc(-c2cc(C(=O)O)ccc2Cl)o1. The molecule has 1 aliphatic rings. The van der Waals surface area contributed by atoms with Crippen LogP contribution < -0.4 is 5.32 Å². The van der Waals surface area contributed by atoms with Gasteiger partial charge in [0.25, 0.3) is 0 Å². The maximum Gasteiger partial charge on any atom is 0.335 e. The number of nitrogens with zero attached hydrogens (tertiary/aromatic N) is 2. The van der Waals surface area contributed by atoms with Gasteiger partial charge in [0.1, 0.15) is 17.6 Å². The fraction of sp³-hybridized carbons (Fsp3) is 0.190. The van der Waals surface area contributed by atoms with Gasteiger partial charge in [-0.1, -0.05) is 17.7 Å². The summed E-state index contributed by atoms with van der Waals surface area (Å²) in [5, 5.41) is 13.7. The molecule has 2 aromatic heterocycles. The number of pyridine rings is 1. The van der Waals surface area contributed by atoms with E-state index in [1.54, 1.807) is 18.3 Å². The lowest BCUT2D eigenvalue weighted by Gasteiger charge is -2.24. The van der Waals surface area contributed by atoms with Crippen molar-refractivity contribution < 1.29 is 14.3 Å². The van der Waals surface area contributed by atoms with Gasteiger partial charge in [-0.3, -0.25) is 4.98 Å². The molecule has 1 aromatic carbocycles. The molecule has 1 fully saturated rings. The van der Waals surface area contributed by atoms with Crippen LogP contribution >= 0.6 is 23.8 Å². The smallest absolute Gasteiger partial charge is 0.335 e. The number of halogens is 1. The molecule has 0 amide bonds. The number of furan rings is 1. The van der Waals surface area contributed by atoms with E-state index in [2.05, 4.69) is 10.3 Å². The molecule has 29 heavy (non-hydrogen) atoms. The summed E-state index contributed by atoms with van der Waals surface area (Å²) in [6.07, 6.45) is 1.75. The number of hydrogen-bond donors (Lipinski definition) is 2. The van der Waals surface area contributed by atoms with Crippen LogP contribution in [0.5, 0.6) is 0 Å². The predicted molar refractivity (Wildman–Crippen MR) is 114 cm³/mol. The Labute approximate surface area is 178 Å². The normalized spacial score (nSPS) is 18.7. The Morgan fingerprint density at radius 2 is 2.14 bits per heavy atom. The summed E-state index contributed by atoms with van der Waals surface area (Å²) >= 11 is 11.8. The number of benzene rings is 1. The molecule has 2 atom stereocenters. The highest BCUT2D eigenvalue weighted by atomic mass is 35.5. The molecule has 148 valence electrons. The first-order valence-corrected chi connectivity index (χ1v) is 9.89. The number of carboxylic acid groups (broad SMARTS) is 1. The van der Waals surface area contributed by atoms with E-state index in [1.807, 2.05) is 36.1 Å². The Morgan fingerprint density at radius 1 is 1.31 bits per heavy atom. The zero-order valence-electron chi connectivity index (χ0n) is 15.5. The average molecular weight is 428 g/mol. The molecule has 2 unspecified atom stereocenters. The monoisotopic (exact) mass is 427 g/mol. The highest BCUT2D eigenvalue weighted by Crippen LogP contribution is 2.41. The van der Waals surface area contributed by atoms with E-state index in [1.165, 1.54) is 12.1 Å². The van der Waals surface area contributed by atoms with Gasteiger partial charge in [0.15, 0.2) is 5.11 Å². The maximum absolute atomic E-state index is 11.3. The molecule has 0 spiro atoms. The molecule has 3 heterocycles. The lowest BCUT2D eigenvalue weighted by Crippen LogP contribution is -2.29. The van der Waals surface area contributed by atoms with E-state index in [0.717, 1.165) is 5.69 Å². The first kappa shape index (κ1) is 19.4. The van der Waals surface area contributed by atoms with Crippen LogP contribution in [0, 0.1) is 0 Å². The van der Waals surface area contributed by atoms with E-state index in [0.29, 0.717) is 33.8 Å². The topological polar surface area (TPSA) is 78.6 Å². The van der Waals surface area contributed by atoms with E-state index in [9.17, 15) is 9.90 Å². The molecule has 0 saturated carbocycles. The van der Waals surface area contributed by atoms with E-state index in [4.69, 9.17) is 28.2 Å². The van der Waals surface area contributed by atoms with Crippen molar-refractivity contribution in [2.75, 3.05) is 6.54 Å². The number of thiocarbonyl (C=S) groups is 1. The van der Waals surface area contributed by atoms with Crippen molar-refractivity contribution in [1.29, 1.82) is 0 Å². The van der Waals surface area contributed by atoms with Crippen LogP contribution in [0.2, 0.25) is 5.02 Å². The molecule has 8 heteroatoms. The van der Waals surface area contributed by atoms with Gasteiger partial charge in [-0.2, -0.15) is 0 Å². The second kappa shape index (κ2) is 7.85. The number of carboxylic acids is 1. The van der Waals surface area contributed by atoms with Crippen molar-refractivity contribution in [3.63, 3.8) is 0 Å². The van der Waals surface area contributed by atoms with Gasteiger partial charge < -0.3 is 19.7 Å². The third-order valence-electron chi connectivity index (χ3n) is 4.94. The van der Waals surface area contributed by atoms with Gasteiger partial charge >= 0.3 is 5.97 Å². The first-order valence-electron chi connectivity index (χ1n) is 9.10. The van der Waals surface area contributed by atoms with Gasteiger partial charge in [-0.15, -0.1) is 0 Å². The minimum absolute atomic E-state index is 0.146. The van der Waals surface area contributed by atoms with Gasteiger partial charge in [0.2, 0.25) is 0 Å². The van der Waals surface area contributed by atoms with Crippen molar-refractivity contribution in [2.24, 2.45) is 0 Å². The van der Waals surface area contributed by atoms with Gasteiger partial charge in [-0.25, -0.2) is 4.79 Å². The highest BCUT2D eigenvalue weighted by Gasteiger charge is 2.40. The van der Waals surface area contributed by atoms with Crippen molar-refractivity contribution in [2.45, 2.75) is 19.0 Å². The number of hydrogen-bond acceptors (Lipinski definition) is 4. The summed E-state index contributed by atoms with van der Waals surface area (Å²) in [6.45, 7) is 2.73. The Kier molecular flexibility index (Phi) is 5.25. The van der Waals surface area contributed by atoms with E-state index >= 15 is 0 Å². The van der Waals surface area contributed by atoms with Crippen LogP contribution in [0.25, 0.3) is 11.3 Å². The molecule has 1 saturated heterocycles. The van der Waals surface area contributed by atoms with Crippen LogP contribution in [0.3, 0.4) is 0 Å². The van der Waals surface area contributed by atoms with Gasteiger partial charge in [0.05, 0.1) is 22.3 Å². The summed E-state index contributed by atoms with van der Waals surface area (Å²) in [5.74, 6) is 0.177. The van der Waals surface area contributed by atoms with Gasteiger partial charge in [-0.05, 0) is 61.6 Å². The zero-order valence-corrected chi connectivity index (χ0v) is 17.1. The summed E-state index contributed by atoms with van der Waals surface area (Å²) in [5.41, 5.74) is 1.54. The number of nitrogens with one attached hydrogen (secondary N) is 1. The van der Waals surface area contributed by atoms with Crippen LogP contribution in [-0.2, 0) is 0 Å². The van der Waals surface area contributed by atoms with Crippen molar-refractivity contribution in [3.05, 3.63) is 76.8 Å². The van der Waals surface area contributed by atoms with Crippen LogP contribution in [0.15, 0.2) is 59.1 Å². The minimum Gasteiger partial charge on any atom is -0.478 e. The second-order valence-corrected chi connectivity index (χ2v) is 7.41. The van der Waals surface area contributed by atoms with Crippen molar-refractivity contribution in [1.82, 2.24) is 15.2 Å². The lowest BCUT2D eigenvalue weighted by molar-refractivity contribution is 0.0697. The van der Waals surface area contributed by atoms with E-state index < -0.39 is 5.97 Å². The third-order valence-corrected chi connectivity index (χ3v) is 5.62. The average Bonchev–Trinajstić information content (AvgIpc) is 3.32. The van der Waals surface area contributed by atoms with Crippen molar-refractivity contribution >= 4 is 34.9 Å². The molecule has 6 nitrogen and oxygen atoms in total. The summed E-state index contributed by atoms with van der Waals surface area (Å²) in [4.78, 5) is 17.8. The van der Waals surface area contributed by atoms with Crippen LogP contribution in [0.4, 0.5) is 0 Å². The molecule has 1 aliphatic heterocycles. The molecular formula is C21H18ClN3O3S. The lowest BCUT2D eigenvalue weighted by atomic mass is 10.0. The number of likely N-dealkylation sites (N-methyl/N-ethyl adjacent to an activating group) is 1. The molecule has 2 N–H and O–H groups in total. The van der Waals surface area contributed by atoms with Gasteiger partial charge in [0, 0.05) is 18.3 Å². The van der Waals surface area contributed by atoms with Crippen molar-refractivity contribution in [3.8, 4) is 11.3 Å². The summed E-state index contributed by atoms with van der Waals surface area (Å²) in [7, 11) is 0. The second-order valence-electron chi connectivity index (χ2n) is 6.61. The number of rotatable bonds is 5. The number of aromatic carboxylic acids is 1. The molecule has 0 radical (unpaired) electrons. The van der Waals surface area contributed by atoms with E-state index in [-0.39, 0.29) is 17.6 Å². The number of carbonyl (C=O) groups is 1. The molecule has 4 rings (SSSR count). The molecule has 0 bridgehead atoms. The first-order chi connectivity index (χ1) is 14.0.